The molecule has 0 radical (unpaired) electrons. The molecule has 170 valence electrons. The van der Waals surface area contributed by atoms with Crippen molar-refractivity contribution in [3.05, 3.63) is 65.0 Å². The maximum absolute atomic E-state index is 13.7. The summed E-state index contributed by atoms with van der Waals surface area (Å²) in [6.07, 6.45) is 0. The standard InChI is InChI=1S/C25H26N4O3S/c1-15(2)19-6-5-7-22-23(19)26-25(33-22)28(10-11-29-17(4)12-16(3)27-29)24(30)18-8-9-20-21(13-18)32-14-31-20/h5-9,12-13,15H,10-11,14H2,1-4H3. The van der Waals surface area contributed by atoms with E-state index in [4.69, 9.17) is 14.5 Å². The lowest BCUT2D eigenvalue weighted by Gasteiger charge is -2.20. The number of thiazole rings is 1. The van der Waals surface area contributed by atoms with Crippen molar-refractivity contribution in [3.63, 3.8) is 0 Å². The molecule has 0 fully saturated rings. The smallest absolute Gasteiger partial charge is 0.260 e. The fraction of sp³-hybridized carbons (Fsp3) is 0.320. The average Bonchev–Trinajstić information content (AvgIpc) is 3.50. The highest BCUT2D eigenvalue weighted by atomic mass is 32.1. The lowest BCUT2D eigenvalue weighted by atomic mass is 10.0. The maximum Gasteiger partial charge on any atom is 0.260 e. The number of aromatic nitrogens is 3. The number of aryl methyl sites for hydroxylation is 2. The molecule has 7 nitrogen and oxygen atoms in total. The van der Waals surface area contributed by atoms with Crippen LogP contribution in [0.2, 0.25) is 0 Å². The molecule has 0 spiro atoms. The summed E-state index contributed by atoms with van der Waals surface area (Å²) in [5.41, 5.74) is 4.71. The summed E-state index contributed by atoms with van der Waals surface area (Å²) in [5.74, 6) is 1.46. The van der Waals surface area contributed by atoms with E-state index >= 15 is 0 Å². The van der Waals surface area contributed by atoms with Crippen LogP contribution in [0.15, 0.2) is 42.5 Å². The summed E-state index contributed by atoms with van der Waals surface area (Å²) in [7, 11) is 0. The van der Waals surface area contributed by atoms with E-state index < -0.39 is 0 Å². The van der Waals surface area contributed by atoms with Gasteiger partial charge in [0, 0.05) is 17.8 Å². The minimum Gasteiger partial charge on any atom is -0.454 e. The summed E-state index contributed by atoms with van der Waals surface area (Å²) in [6.45, 7) is 9.51. The van der Waals surface area contributed by atoms with Crippen molar-refractivity contribution in [1.29, 1.82) is 0 Å². The van der Waals surface area contributed by atoms with Gasteiger partial charge in [0.2, 0.25) is 6.79 Å². The van der Waals surface area contributed by atoms with E-state index in [2.05, 4.69) is 37.1 Å². The summed E-state index contributed by atoms with van der Waals surface area (Å²) in [6, 6.07) is 13.6. The Kier molecular flexibility index (Phi) is 5.54. The fourth-order valence-electron chi connectivity index (χ4n) is 4.10. The van der Waals surface area contributed by atoms with Crippen LogP contribution in [0.5, 0.6) is 11.5 Å². The first kappa shape index (κ1) is 21.5. The summed E-state index contributed by atoms with van der Waals surface area (Å²) >= 11 is 1.54. The maximum atomic E-state index is 13.7. The number of carbonyl (C=O) groups excluding carboxylic acids is 1. The predicted octanol–water partition coefficient (Wildman–Crippen LogP) is 5.31. The molecule has 0 saturated heterocycles. The van der Waals surface area contributed by atoms with Crippen LogP contribution in [0.1, 0.15) is 47.1 Å². The number of nitrogens with zero attached hydrogens (tertiary/aromatic N) is 4. The Morgan fingerprint density at radius 1 is 1.15 bits per heavy atom. The van der Waals surface area contributed by atoms with Crippen molar-refractivity contribution >= 4 is 32.6 Å². The van der Waals surface area contributed by atoms with E-state index in [1.807, 2.05) is 24.6 Å². The first-order valence-electron chi connectivity index (χ1n) is 11.0. The summed E-state index contributed by atoms with van der Waals surface area (Å²) in [5, 5.41) is 5.24. The quantitative estimate of drug-likeness (QED) is 0.388. The minimum absolute atomic E-state index is 0.125. The number of anilines is 1. The molecule has 2 aromatic heterocycles. The van der Waals surface area contributed by atoms with Gasteiger partial charge in [-0.15, -0.1) is 0 Å². The largest absolute Gasteiger partial charge is 0.454 e. The third kappa shape index (κ3) is 4.06. The van der Waals surface area contributed by atoms with Crippen molar-refractivity contribution in [2.75, 3.05) is 18.2 Å². The van der Waals surface area contributed by atoms with E-state index in [1.165, 1.54) is 16.9 Å². The van der Waals surface area contributed by atoms with Gasteiger partial charge in [-0.3, -0.25) is 14.4 Å². The van der Waals surface area contributed by atoms with Gasteiger partial charge in [-0.05, 0) is 55.7 Å². The lowest BCUT2D eigenvalue weighted by Crippen LogP contribution is -2.34. The van der Waals surface area contributed by atoms with Crippen molar-refractivity contribution in [3.8, 4) is 11.5 Å². The Bertz CT molecular complexity index is 1340. The van der Waals surface area contributed by atoms with Crippen molar-refractivity contribution in [2.45, 2.75) is 40.2 Å². The second-order valence-electron chi connectivity index (χ2n) is 8.52. The van der Waals surface area contributed by atoms with E-state index in [0.717, 1.165) is 21.6 Å². The SMILES string of the molecule is Cc1cc(C)n(CCN(C(=O)c2ccc3c(c2)OCO3)c2nc3c(C(C)C)cccc3s2)n1. The number of para-hydroxylation sites is 1. The molecule has 0 aliphatic carbocycles. The summed E-state index contributed by atoms with van der Waals surface area (Å²) in [4.78, 5) is 20.4. The topological polar surface area (TPSA) is 69.5 Å². The minimum atomic E-state index is -0.125. The van der Waals surface area contributed by atoms with Crippen molar-refractivity contribution < 1.29 is 14.3 Å². The van der Waals surface area contributed by atoms with Crippen LogP contribution in [0.25, 0.3) is 10.2 Å². The first-order valence-corrected chi connectivity index (χ1v) is 11.8. The second-order valence-corrected chi connectivity index (χ2v) is 9.53. The Morgan fingerprint density at radius 2 is 1.97 bits per heavy atom. The predicted molar refractivity (Wildman–Crippen MR) is 130 cm³/mol. The van der Waals surface area contributed by atoms with Gasteiger partial charge >= 0.3 is 0 Å². The van der Waals surface area contributed by atoms with Gasteiger partial charge in [-0.2, -0.15) is 5.10 Å². The summed E-state index contributed by atoms with van der Waals surface area (Å²) < 4.78 is 13.9. The van der Waals surface area contributed by atoms with Crippen LogP contribution in [-0.2, 0) is 6.54 Å². The molecule has 3 heterocycles. The molecule has 8 heteroatoms. The Hall–Kier alpha value is -3.39. The van der Waals surface area contributed by atoms with Crippen molar-refractivity contribution in [1.82, 2.24) is 14.8 Å². The molecule has 0 atom stereocenters. The van der Waals surface area contributed by atoms with E-state index in [9.17, 15) is 4.79 Å². The van der Waals surface area contributed by atoms with Crippen LogP contribution < -0.4 is 14.4 Å². The number of hydrogen-bond donors (Lipinski definition) is 0. The van der Waals surface area contributed by atoms with Gasteiger partial charge in [0.1, 0.15) is 0 Å². The average molecular weight is 463 g/mol. The van der Waals surface area contributed by atoms with Gasteiger partial charge in [-0.25, -0.2) is 4.98 Å². The molecular formula is C25H26N4O3S. The zero-order valence-corrected chi connectivity index (χ0v) is 20.0. The van der Waals surface area contributed by atoms with E-state index in [0.29, 0.717) is 41.2 Å². The number of rotatable bonds is 6. The van der Waals surface area contributed by atoms with E-state index in [1.54, 1.807) is 23.1 Å². The van der Waals surface area contributed by atoms with Crippen LogP contribution in [-0.4, -0.2) is 34.0 Å². The van der Waals surface area contributed by atoms with Crippen LogP contribution in [0.4, 0.5) is 5.13 Å². The molecular weight excluding hydrogens is 436 g/mol. The highest BCUT2D eigenvalue weighted by molar-refractivity contribution is 7.22. The van der Waals surface area contributed by atoms with Gasteiger partial charge < -0.3 is 9.47 Å². The first-order chi connectivity index (χ1) is 15.9. The number of amides is 1. The van der Waals surface area contributed by atoms with Crippen LogP contribution >= 0.6 is 11.3 Å². The molecule has 4 aromatic rings. The Morgan fingerprint density at radius 3 is 2.73 bits per heavy atom. The number of fused-ring (bicyclic) bond motifs is 2. The van der Waals surface area contributed by atoms with Crippen LogP contribution in [0.3, 0.4) is 0 Å². The fourth-order valence-corrected chi connectivity index (χ4v) is 5.13. The number of ether oxygens (including phenoxy) is 2. The highest BCUT2D eigenvalue weighted by Crippen LogP contribution is 2.36. The van der Waals surface area contributed by atoms with Gasteiger partial charge in [0.25, 0.3) is 5.91 Å². The second kappa shape index (κ2) is 8.51. The molecule has 2 aromatic carbocycles. The molecule has 1 aliphatic heterocycles. The number of carbonyl (C=O) groups is 1. The molecule has 0 bridgehead atoms. The molecule has 33 heavy (non-hydrogen) atoms. The van der Waals surface area contributed by atoms with Gasteiger partial charge in [0.15, 0.2) is 16.6 Å². The highest BCUT2D eigenvalue weighted by Gasteiger charge is 2.25. The zero-order valence-electron chi connectivity index (χ0n) is 19.2. The molecule has 5 rings (SSSR count). The lowest BCUT2D eigenvalue weighted by molar-refractivity contribution is 0.0985. The molecule has 0 N–H and O–H groups in total. The van der Waals surface area contributed by atoms with Crippen LogP contribution in [0, 0.1) is 13.8 Å². The molecule has 0 saturated carbocycles. The normalized spacial score (nSPS) is 12.6. The molecule has 1 aliphatic rings. The molecule has 1 amide bonds. The number of benzene rings is 2. The third-order valence-electron chi connectivity index (χ3n) is 5.80. The Balaban J connectivity index is 1.53. The number of hydrogen-bond acceptors (Lipinski definition) is 6. The molecule has 0 unspecified atom stereocenters. The van der Waals surface area contributed by atoms with E-state index in [-0.39, 0.29) is 12.7 Å². The third-order valence-corrected chi connectivity index (χ3v) is 6.84. The van der Waals surface area contributed by atoms with Crippen molar-refractivity contribution in [2.24, 2.45) is 0 Å². The van der Waals surface area contributed by atoms with Gasteiger partial charge in [0.05, 0.1) is 22.5 Å². The van der Waals surface area contributed by atoms with Gasteiger partial charge in [-0.1, -0.05) is 37.3 Å². The Labute approximate surface area is 196 Å². The monoisotopic (exact) mass is 462 g/mol. The zero-order chi connectivity index (χ0) is 23.1.